The molecule has 0 spiro atoms. The van der Waals surface area contributed by atoms with Crippen molar-refractivity contribution in [1.82, 2.24) is 9.78 Å². The summed E-state index contributed by atoms with van der Waals surface area (Å²) in [6.07, 6.45) is 1.65. The number of phenols is 1. The maximum atomic E-state index is 10.3. The van der Waals surface area contributed by atoms with E-state index < -0.39 is 12.1 Å². The predicted octanol–water partition coefficient (Wildman–Crippen LogP) is 2.25. The first-order valence-corrected chi connectivity index (χ1v) is 8.05. The molecule has 2 aromatic rings. The van der Waals surface area contributed by atoms with Gasteiger partial charge in [0.25, 0.3) is 0 Å². The summed E-state index contributed by atoms with van der Waals surface area (Å²) in [5.74, 6) is 0.170. The standard InChI is InChI=1S/C18H26N4O2/c1-4-11-22-13(3)17(12(2)21-22)20-10-9-16(19)18(24)14-5-7-15(23)8-6-14/h4-8,16,18,20,23-24H,1,9-11,19H2,2-3H3. The summed E-state index contributed by atoms with van der Waals surface area (Å²) >= 11 is 0. The maximum absolute atomic E-state index is 10.3. The quantitative estimate of drug-likeness (QED) is 0.557. The summed E-state index contributed by atoms with van der Waals surface area (Å²) in [6.45, 7) is 9.01. The molecular formula is C18H26N4O2. The molecule has 130 valence electrons. The zero-order valence-electron chi connectivity index (χ0n) is 14.2. The molecule has 2 atom stereocenters. The highest BCUT2D eigenvalue weighted by Gasteiger charge is 2.17. The Hall–Kier alpha value is -2.31. The third-order valence-corrected chi connectivity index (χ3v) is 4.10. The Kier molecular flexibility index (Phi) is 6.00. The number of aliphatic hydroxyl groups excluding tert-OH is 1. The summed E-state index contributed by atoms with van der Waals surface area (Å²) in [5.41, 5.74) is 9.79. The third-order valence-electron chi connectivity index (χ3n) is 4.10. The number of hydrogen-bond donors (Lipinski definition) is 4. The zero-order valence-corrected chi connectivity index (χ0v) is 14.2. The molecule has 0 aliphatic rings. The van der Waals surface area contributed by atoms with E-state index in [4.69, 9.17) is 5.73 Å². The fourth-order valence-electron chi connectivity index (χ4n) is 2.69. The van der Waals surface area contributed by atoms with Crippen LogP contribution in [0.5, 0.6) is 5.75 Å². The van der Waals surface area contributed by atoms with Crippen molar-refractivity contribution in [3.8, 4) is 5.75 Å². The predicted molar refractivity (Wildman–Crippen MR) is 96.0 cm³/mol. The summed E-state index contributed by atoms with van der Waals surface area (Å²) in [7, 11) is 0. The SMILES string of the molecule is C=CCn1nc(C)c(NCCC(N)C(O)c2ccc(O)cc2)c1C. The third kappa shape index (κ3) is 4.15. The zero-order chi connectivity index (χ0) is 17.7. The van der Waals surface area contributed by atoms with E-state index in [-0.39, 0.29) is 5.75 Å². The lowest BCUT2D eigenvalue weighted by Gasteiger charge is -2.19. The van der Waals surface area contributed by atoms with E-state index in [1.807, 2.05) is 24.6 Å². The summed E-state index contributed by atoms with van der Waals surface area (Å²) in [6, 6.07) is 6.06. The van der Waals surface area contributed by atoms with Crippen molar-refractivity contribution in [1.29, 1.82) is 0 Å². The largest absolute Gasteiger partial charge is 0.508 e. The van der Waals surface area contributed by atoms with Gasteiger partial charge in [0, 0.05) is 12.6 Å². The Morgan fingerprint density at radius 3 is 2.62 bits per heavy atom. The number of nitrogens with one attached hydrogen (secondary N) is 1. The van der Waals surface area contributed by atoms with Crippen molar-refractivity contribution in [3.63, 3.8) is 0 Å². The molecule has 5 N–H and O–H groups in total. The first kappa shape index (κ1) is 18.0. The summed E-state index contributed by atoms with van der Waals surface area (Å²) in [4.78, 5) is 0. The number of nitrogens with two attached hydrogens (primary N) is 1. The lowest BCUT2D eigenvalue weighted by atomic mass is 10.0. The highest BCUT2D eigenvalue weighted by Crippen LogP contribution is 2.22. The van der Waals surface area contributed by atoms with Gasteiger partial charge in [-0.1, -0.05) is 18.2 Å². The molecule has 6 nitrogen and oxygen atoms in total. The first-order valence-electron chi connectivity index (χ1n) is 8.05. The molecule has 6 heteroatoms. The molecule has 0 fully saturated rings. The van der Waals surface area contributed by atoms with Gasteiger partial charge in [-0.2, -0.15) is 5.10 Å². The number of aliphatic hydroxyl groups is 1. The number of rotatable bonds is 8. The second-order valence-corrected chi connectivity index (χ2v) is 5.93. The van der Waals surface area contributed by atoms with Crippen molar-refractivity contribution in [3.05, 3.63) is 53.9 Å². The number of allylic oxidation sites excluding steroid dienone is 1. The van der Waals surface area contributed by atoms with Gasteiger partial charge in [0.1, 0.15) is 5.75 Å². The Balaban J connectivity index is 1.91. The van der Waals surface area contributed by atoms with E-state index in [2.05, 4.69) is 17.0 Å². The van der Waals surface area contributed by atoms with E-state index in [9.17, 15) is 10.2 Å². The van der Waals surface area contributed by atoms with Gasteiger partial charge in [-0.3, -0.25) is 4.68 Å². The number of aromatic nitrogens is 2. The van der Waals surface area contributed by atoms with Gasteiger partial charge in [-0.15, -0.1) is 6.58 Å². The van der Waals surface area contributed by atoms with Crippen LogP contribution in [0.3, 0.4) is 0 Å². The Bertz CT molecular complexity index is 679. The fraction of sp³-hybridized carbons (Fsp3) is 0.389. The molecule has 2 rings (SSSR count). The van der Waals surface area contributed by atoms with Gasteiger partial charge in [-0.05, 0) is 38.0 Å². The van der Waals surface area contributed by atoms with Crippen LogP contribution in [0.2, 0.25) is 0 Å². The number of anilines is 1. The van der Waals surface area contributed by atoms with E-state index in [0.717, 1.165) is 17.1 Å². The van der Waals surface area contributed by atoms with Crippen LogP contribution >= 0.6 is 0 Å². The van der Waals surface area contributed by atoms with Crippen LogP contribution in [0.1, 0.15) is 29.5 Å². The number of aryl methyl sites for hydroxylation is 1. The number of phenolic OH excluding ortho intramolecular Hbond substituents is 1. The average Bonchev–Trinajstić information content (AvgIpc) is 2.82. The van der Waals surface area contributed by atoms with Crippen LogP contribution in [-0.2, 0) is 6.54 Å². The van der Waals surface area contributed by atoms with Crippen molar-refractivity contribution < 1.29 is 10.2 Å². The van der Waals surface area contributed by atoms with Gasteiger partial charge in [0.05, 0.1) is 29.7 Å². The lowest BCUT2D eigenvalue weighted by Crippen LogP contribution is -2.30. The van der Waals surface area contributed by atoms with Crippen LogP contribution in [0.4, 0.5) is 5.69 Å². The normalized spacial score (nSPS) is 13.5. The first-order chi connectivity index (χ1) is 11.4. The molecule has 0 amide bonds. The second kappa shape index (κ2) is 7.99. The number of hydrogen-bond acceptors (Lipinski definition) is 5. The number of benzene rings is 1. The molecule has 0 bridgehead atoms. The van der Waals surface area contributed by atoms with Crippen molar-refractivity contribution in [2.75, 3.05) is 11.9 Å². The molecule has 0 saturated heterocycles. The fourth-order valence-corrected chi connectivity index (χ4v) is 2.69. The number of aromatic hydroxyl groups is 1. The van der Waals surface area contributed by atoms with Crippen LogP contribution < -0.4 is 11.1 Å². The van der Waals surface area contributed by atoms with Crippen LogP contribution in [0.15, 0.2) is 36.9 Å². The Labute approximate surface area is 142 Å². The smallest absolute Gasteiger partial charge is 0.115 e. The van der Waals surface area contributed by atoms with Crippen LogP contribution in [0.25, 0.3) is 0 Å². The van der Waals surface area contributed by atoms with E-state index in [1.54, 1.807) is 24.3 Å². The molecule has 1 heterocycles. The lowest BCUT2D eigenvalue weighted by molar-refractivity contribution is 0.143. The van der Waals surface area contributed by atoms with Gasteiger partial charge < -0.3 is 21.3 Å². The van der Waals surface area contributed by atoms with Crippen molar-refractivity contribution in [2.45, 2.75) is 39.0 Å². The maximum Gasteiger partial charge on any atom is 0.115 e. The Morgan fingerprint density at radius 2 is 2.00 bits per heavy atom. The van der Waals surface area contributed by atoms with E-state index in [0.29, 0.717) is 25.1 Å². The van der Waals surface area contributed by atoms with Crippen molar-refractivity contribution >= 4 is 5.69 Å². The number of nitrogens with zero attached hydrogens (tertiary/aromatic N) is 2. The molecule has 0 radical (unpaired) electrons. The van der Waals surface area contributed by atoms with E-state index in [1.165, 1.54) is 0 Å². The molecular weight excluding hydrogens is 304 g/mol. The molecule has 0 saturated carbocycles. The molecule has 0 aliphatic carbocycles. The Morgan fingerprint density at radius 1 is 1.33 bits per heavy atom. The monoisotopic (exact) mass is 330 g/mol. The summed E-state index contributed by atoms with van der Waals surface area (Å²) in [5, 5.41) is 27.4. The molecule has 24 heavy (non-hydrogen) atoms. The van der Waals surface area contributed by atoms with Crippen LogP contribution in [0, 0.1) is 13.8 Å². The highest BCUT2D eigenvalue weighted by molar-refractivity contribution is 5.52. The minimum Gasteiger partial charge on any atom is -0.508 e. The van der Waals surface area contributed by atoms with Gasteiger partial charge in [0.2, 0.25) is 0 Å². The second-order valence-electron chi connectivity index (χ2n) is 5.93. The minimum absolute atomic E-state index is 0.170. The molecule has 0 aliphatic heterocycles. The minimum atomic E-state index is -0.766. The molecule has 1 aromatic carbocycles. The topological polar surface area (TPSA) is 96.3 Å². The van der Waals surface area contributed by atoms with Gasteiger partial charge >= 0.3 is 0 Å². The summed E-state index contributed by atoms with van der Waals surface area (Å²) < 4.78 is 1.90. The molecule has 1 aromatic heterocycles. The highest BCUT2D eigenvalue weighted by atomic mass is 16.3. The average molecular weight is 330 g/mol. The molecule has 2 unspecified atom stereocenters. The van der Waals surface area contributed by atoms with Crippen LogP contribution in [-0.4, -0.2) is 32.6 Å². The van der Waals surface area contributed by atoms with Gasteiger partial charge in [0.15, 0.2) is 0 Å². The van der Waals surface area contributed by atoms with Gasteiger partial charge in [-0.25, -0.2) is 0 Å². The van der Waals surface area contributed by atoms with Crippen molar-refractivity contribution in [2.24, 2.45) is 5.73 Å². The van der Waals surface area contributed by atoms with E-state index >= 15 is 0 Å².